The molecule has 0 rings (SSSR count). The van der Waals surface area contributed by atoms with E-state index < -0.39 is 24.7 Å². The van der Waals surface area contributed by atoms with E-state index >= 15 is 0 Å². The van der Waals surface area contributed by atoms with E-state index in [1.165, 1.54) is 18.4 Å². The van der Waals surface area contributed by atoms with Crippen molar-refractivity contribution in [1.29, 1.82) is 0 Å². The van der Waals surface area contributed by atoms with Gasteiger partial charge in [-0.3, -0.25) is 0 Å². The van der Waals surface area contributed by atoms with Crippen molar-refractivity contribution in [2.45, 2.75) is 162 Å². The standard InChI is InChI=1S/C28H62O2Si3/c1-19-27(11,22-25(7,8)21-23(3)4)32(15,16)28(12,20-2)30-33(17,18)26(9,10)29-31(13,14)24(5)6/h24H,3,19-22H2,1-2,4-18H3. The highest BCUT2D eigenvalue weighted by Gasteiger charge is 2.58. The quantitative estimate of drug-likeness (QED) is 0.169. The molecule has 2 nitrogen and oxygen atoms in total. The Morgan fingerprint density at radius 1 is 0.818 bits per heavy atom. The van der Waals surface area contributed by atoms with Crippen LogP contribution in [0.15, 0.2) is 12.2 Å². The molecular weight excluding hydrogens is 453 g/mol. The van der Waals surface area contributed by atoms with Crippen molar-refractivity contribution in [3.63, 3.8) is 0 Å². The molecule has 0 aromatic rings. The molecule has 0 spiro atoms. The first kappa shape index (κ1) is 33.3. The van der Waals surface area contributed by atoms with Gasteiger partial charge in [0.05, 0.1) is 13.3 Å². The number of hydrogen-bond acceptors (Lipinski definition) is 2. The first-order chi connectivity index (χ1) is 14.4. The molecule has 0 aromatic carbocycles. The summed E-state index contributed by atoms with van der Waals surface area (Å²) in [4.78, 5) is 0. The molecule has 0 radical (unpaired) electrons. The second-order valence-corrected chi connectivity index (χ2v) is 29.1. The number of rotatable bonds is 14. The largest absolute Gasteiger partial charge is 0.412 e. The summed E-state index contributed by atoms with van der Waals surface area (Å²) in [5.41, 5.74) is 2.12. The van der Waals surface area contributed by atoms with Gasteiger partial charge in [-0.1, -0.05) is 73.6 Å². The van der Waals surface area contributed by atoms with Crippen LogP contribution in [0.25, 0.3) is 0 Å². The number of hydrogen-bond donors (Lipinski definition) is 0. The van der Waals surface area contributed by atoms with Crippen LogP contribution in [0.4, 0.5) is 0 Å². The van der Waals surface area contributed by atoms with Crippen molar-refractivity contribution < 1.29 is 8.85 Å². The maximum atomic E-state index is 7.45. The first-order valence-electron chi connectivity index (χ1n) is 13.4. The van der Waals surface area contributed by atoms with Gasteiger partial charge in [0, 0.05) is 5.22 Å². The Balaban J connectivity index is 6.25. The van der Waals surface area contributed by atoms with Crippen molar-refractivity contribution in [3.8, 4) is 0 Å². The highest BCUT2D eigenvalue weighted by Crippen LogP contribution is 2.56. The monoisotopic (exact) mass is 514 g/mol. The van der Waals surface area contributed by atoms with E-state index in [1.54, 1.807) is 0 Å². The fourth-order valence-electron chi connectivity index (χ4n) is 5.59. The molecule has 0 saturated carbocycles. The SMILES string of the molecule is C=C(C)CC(C)(C)CC(C)(CC)[Si](C)(C)C(C)(CC)O[Si](C)(C)C(C)(C)O[Si](C)(C)C(C)C. The Hall–Kier alpha value is 0.311. The average Bonchev–Trinajstić information content (AvgIpc) is 2.57. The van der Waals surface area contributed by atoms with Crippen LogP contribution < -0.4 is 0 Å². The lowest BCUT2D eigenvalue weighted by Crippen LogP contribution is -2.68. The van der Waals surface area contributed by atoms with Crippen molar-refractivity contribution in [1.82, 2.24) is 0 Å². The Kier molecular flexibility index (Phi) is 10.8. The van der Waals surface area contributed by atoms with Gasteiger partial charge in [-0.05, 0) is 89.1 Å². The summed E-state index contributed by atoms with van der Waals surface area (Å²) in [5, 5.41) is -0.0508. The predicted octanol–water partition coefficient (Wildman–Crippen LogP) is 10.1. The number of allylic oxidation sites excluding steroid dienone is 1. The highest BCUT2D eigenvalue weighted by atomic mass is 28.4. The molecule has 0 N–H and O–H groups in total. The summed E-state index contributed by atoms with van der Waals surface area (Å²) in [7, 11) is -5.89. The van der Waals surface area contributed by atoms with Crippen LogP contribution >= 0.6 is 0 Å². The van der Waals surface area contributed by atoms with Crippen LogP contribution in [0.1, 0.15) is 102 Å². The van der Waals surface area contributed by atoms with E-state index in [2.05, 4.69) is 122 Å². The molecule has 2 atom stereocenters. The normalized spacial score (nSPS) is 18.2. The molecule has 0 aromatic heterocycles. The molecule has 0 fully saturated rings. The molecular formula is C28H62O2Si3. The third-order valence-electron chi connectivity index (χ3n) is 9.77. The van der Waals surface area contributed by atoms with Crippen LogP contribution in [0, 0.1) is 5.41 Å². The van der Waals surface area contributed by atoms with Gasteiger partial charge in [0.1, 0.15) is 0 Å². The average molecular weight is 515 g/mol. The Labute approximate surface area is 213 Å². The zero-order valence-corrected chi connectivity index (χ0v) is 28.9. The zero-order chi connectivity index (χ0) is 26.9. The third-order valence-corrected chi connectivity index (χ3v) is 24.6. The minimum Gasteiger partial charge on any atom is -0.412 e. The van der Waals surface area contributed by atoms with Gasteiger partial charge >= 0.3 is 0 Å². The fraction of sp³-hybridized carbons (Fsp3) is 0.929. The molecule has 0 aliphatic rings. The van der Waals surface area contributed by atoms with Crippen LogP contribution in [0.3, 0.4) is 0 Å². The van der Waals surface area contributed by atoms with Crippen LogP contribution in [0.2, 0.25) is 49.9 Å². The molecule has 0 aliphatic heterocycles. The van der Waals surface area contributed by atoms with E-state index in [0.29, 0.717) is 5.54 Å². The summed E-state index contributed by atoms with van der Waals surface area (Å²) in [6.45, 7) is 44.9. The van der Waals surface area contributed by atoms with Gasteiger partial charge in [0.15, 0.2) is 8.32 Å². The van der Waals surface area contributed by atoms with Gasteiger partial charge in [0.25, 0.3) is 0 Å². The topological polar surface area (TPSA) is 18.5 Å². The lowest BCUT2D eigenvalue weighted by Gasteiger charge is -2.58. The van der Waals surface area contributed by atoms with E-state index in [0.717, 1.165) is 12.8 Å². The Bertz CT molecular complexity index is 664. The molecule has 0 heterocycles. The van der Waals surface area contributed by atoms with Crippen LogP contribution in [-0.2, 0) is 8.85 Å². The summed E-state index contributed by atoms with van der Waals surface area (Å²) in [6.07, 6.45) is 4.56. The van der Waals surface area contributed by atoms with Gasteiger partial charge < -0.3 is 8.85 Å². The van der Waals surface area contributed by atoms with Crippen molar-refractivity contribution in [2.75, 3.05) is 0 Å². The minimum absolute atomic E-state index is 0.100. The minimum atomic E-state index is -2.20. The summed E-state index contributed by atoms with van der Waals surface area (Å²) < 4.78 is 14.4. The van der Waals surface area contributed by atoms with Gasteiger partial charge in [-0.2, -0.15) is 0 Å². The smallest absolute Gasteiger partial charge is 0.216 e. The van der Waals surface area contributed by atoms with Crippen LogP contribution in [-0.4, -0.2) is 35.2 Å². The summed E-state index contributed by atoms with van der Waals surface area (Å²) >= 11 is 0. The van der Waals surface area contributed by atoms with Gasteiger partial charge in [-0.25, -0.2) is 0 Å². The van der Waals surface area contributed by atoms with Crippen LogP contribution in [0.5, 0.6) is 0 Å². The molecule has 198 valence electrons. The highest BCUT2D eigenvalue weighted by molar-refractivity contribution is 6.85. The molecule has 0 amide bonds. The maximum Gasteiger partial charge on any atom is 0.216 e. The molecule has 0 bridgehead atoms. The second kappa shape index (κ2) is 10.7. The molecule has 33 heavy (non-hydrogen) atoms. The Morgan fingerprint density at radius 2 is 1.27 bits per heavy atom. The predicted molar refractivity (Wildman–Crippen MR) is 159 cm³/mol. The third kappa shape index (κ3) is 7.65. The van der Waals surface area contributed by atoms with E-state index in [-0.39, 0.29) is 20.9 Å². The summed E-state index contributed by atoms with van der Waals surface area (Å²) in [6, 6.07) is 0. The molecule has 2 unspecified atom stereocenters. The van der Waals surface area contributed by atoms with E-state index in [9.17, 15) is 0 Å². The Morgan fingerprint density at radius 3 is 1.61 bits per heavy atom. The van der Waals surface area contributed by atoms with E-state index in [1.807, 2.05) is 0 Å². The van der Waals surface area contributed by atoms with Crippen molar-refractivity contribution >= 4 is 24.7 Å². The second-order valence-electron chi connectivity index (χ2n) is 14.6. The molecule has 0 aliphatic carbocycles. The van der Waals surface area contributed by atoms with E-state index in [4.69, 9.17) is 8.85 Å². The fourth-order valence-corrected chi connectivity index (χ4v) is 16.2. The maximum absolute atomic E-state index is 7.45. The molecule has 0 saturated heterocycles. The lowest BCUT2D eigenvalue weighted by molar-refractivity contribution is 0.0820. The van der Waals surface area contributed by atoms with Gasteiger partial charge in [0.2, 0.25) is 8.32 Å². The summed E-state index contributed by atoms with van der Waals surface area (Å²) in [5.74, 6) is 0. The van der Waals surface area contributed by atoms with Crippen molar-refractivity contribution in [2.24, 2.45) is 5.41 Å². The van der Waals surface area contributed by atoms with Crippen molar-refractivity contribution in [3.05, 3.63) is 12.2 Å². The first-order valence-corrected chi connectivity index (χ1v) is 22.3. The molecule has 5 heteroatoms. The zero-order valence-electron chi connectivity index (χ0n) is 25.9. The van der Waals surface area contributed by atoms with Gasteiger partial charge in [-0.15, -0.1) is 6.58 Å². The lowest BCUT2D eigenvalue weighted by atomic mass is 9.77.